The van der Waals surface area contributed by atoms with Crippen molar-refractivity contribution >= 4 is 17.3 Å². The average molecular weight is 223 g/mol. The predicted octanol–water partition coefficient (Wildman–Crippen LogP) is 3.28. The molecule has 0 radical (unpaired) electrons. The van der Waals surface area contributed by atoms with Crippen LogP contribution in [0, 0.1) is 0 Å². The number of carbonyl (C=O) groups is 1. The van der Waals surface area contributed by atoms with E-state index in [1.165, 1.54) is 11.1 Å². The Balaban J connectivity index is 2.24. The monoisotopic (exact) mass is 223 g/mol. The molecule has 2 aromatic rings. The van der Waals surface area contributed by atoms with Crippen LogP contribution in [-0.2, 0) is 11.2 Å². The molecule has 0 unspecified atom stereocenters. The quantitative estimate of drug-likeness (QED) is 0.671. The van der Waals surface area contributed by atoms with Gasteiger partial charge in [0.15, 0.2) is 0 Å². The lowest BCUT2D eigenvalue weighted by Gasteiger charge is -2.30. The van der Waals surface area contributed by atoms with Crippen molar-refractivity contribution in [3.8, 4) is 0 Å². The number of carbonyl (C=O) groups excluding carboxylic acids is 1. The molecule has 0 fully saturated rings. The maximum Gasteiger partial charge on any atom is 0.228 e. The SMILES string of the molecule is CC(=O)N1c2ccccc2Cc2ccccc21. The van der Waals surface area contributed by atoms with E-state index in [1.807, 2.05) is 36.4 Å². The van der Waals surface area contributed by atoms with Crippen LogP contribution in [0.3, 0.4) is 0 Å². The van der Waals surface area contributed by atoms with Gasteiger partial charge in [-0.05, 0) is 23.3 Å². The summed E-state index contributed by atoms with van der Waals surface area (Å²) in [4.78, 5) is 13.6. The molecule has 17 heavy (non-hydrogen) atoms. The van der Waals surface area contributed by atoms with E-state index in [0.29, 0.717) is 0 Å². The Kier molecular flexibility index (Phi) is 2.22. The standard InChI is InChI=1S/C15H13NO/c1-11(17)16-14-8-4-2-6-12(14)10-13-7-3-5-9-15(13)16/h2-9H,10H2,1H3. The fourth-order valence-corrected chi connectivity index (χ4v) is 2.43. The van der Waals surface area contributed by atoms with Crippen molar-refractivity contribution in [3.05, 3.63) is 59.7 Å². The Labute approximate surface area is 100 Å². The van der Waals surface area contributed by atoms with Crippen LogP contribution in [0.2, 0.25) is 0 Å². The third-order valence-electron chi connectivity index (χ3n) is 3.16. The van der Waals surface area contributed by atoms with Crippen LogP contribution in [0.25, 0.3) is 0 Å². The molecule has 1 aliphatic heterocycles. The summed E-state index contributed by atoms with van der Waals surface area (Å²) in [6.45, 7) is 1.61. The van der Waals surface area contributed by atoms with E-state index in [-0.39, 0.29) is 5.91 Å². The molecule has 2 heteroatoms. The summed E-state index contributed by atoms with van der Waals surface area (Å²) in [5.74, 6) is 0.0598. The molecular formula is C15H13NO. The maximum absolute atomic E-state index is 11.9. The van der Waals surface area contributed by atoms with E-state index in [1.54, 1.807) is 11.8 Å². The highest BCUT2D eigenvalue weighted by molar-refractivity contribution is 6.01. The molecule has 0 spiro atoms. The number of para-hydroxylation sites is 2. The van der Waals surface area contributed by atoms with Gasteiger partial charge in [-0.1, -0.05) is 36.4 Å². The van der Waals surface area contributed by atoms with Gasteiger partial charge < -0.3 is 0 Å². The van der Waals surface area contributed by atoms with E-state index >= 15 is 0 Å². The first kappa shape index (κ1) is 10.1. The van der Waals surface area contributed by atoms with E-state index in [4.69, 9.17) is 0 Å². The van der Waals surface area contributed by atoms with Crippen molar-refractivity contribution < 1.29 is 4.79 Å². The van der Waals surface area contributed by atoms with Crippen molar-refractivity contribution in [2.75, 3.05) is 4.90 Å². The van der Waals surface area contributed by atoms with Crippen LogP contribution in [0.4, 0.5) is 11.4 Å². The molecule has 0 atom stereocenters. The van der Waals surface area contributed by atoms with Gasteiger partial charge in [0.25, 0.3) is 0 Å². The summed E-state index contributed by atoms with van der Waals surface area (Å²) in [5.41, 5.74) is 4.44. The second kappa shape index (κ2) is 3.74. The van der Waals surface area contributed by atoms with Crippen LogP contribution >= 0.6 is 0 Å². The van der Waals surface area contributed by atoms with Crippen molar-refractivity contribution in [1.29, 1.82) is 0 Å². The predicted molar refractivity (Wildman–Crippen MR) is 68.5 cm³/mol. The van der Waals surface area contributed by atoms with Crippen molar-refractivity contribution in [1.82, 2.24) is 0 Å². The van der Waals surface area contributed by atoms with E-state index in [0.717, 1.165) is 17.8 Å². The highest BCUT2D eigenvalue weighted by Crippen LogP contribution is 2.38. The summed E-state index contributed by atoms with van der Waals surface area (Å²) in [6.07, 6.45) is 0.899. The molecule has 2 aromatic carbocycles. The molecule has 3 rings (SSSR count). The van der Waals surface area contributed by atoms with Crippen molar-refractivity contribution in [3.63, 3.8) is 0 Å². The molecule has 0 N–H and O–H groups in total. The Morgan fingerprint density at radius 2 is 1.41 bits per heavy atom. The Bertz CT molecular complexity index is 543. The third kappa shape index (κ3) is 1.53. The number of anilines is 2. The average Bonchev–Trinajstić information content (AvgIpc) is 2.35. The minimum Gasteiger partial charge on any atom is -0.281 e. The molecule has 84 valence electrons. The number of fused-ring (bicyclic) bond motifs is 2. The zero-order valence-electron chi connectivity index (χ0n) is 9.68. The van der Waals surface area contributed by atoms with E-state index in [9.17, 15) is 4.79 Å². The highest BCUT2D eigenvalue weighted by atomic mass is 16.2. The number of hydrogen-bond donors (Lipinski definition) is 0. The number of benzene rings is 2. The molecule has 0 saturated carbocycles. The first-order valence-corrected chi connectivity index (χ1v) is 5.74. The number of amides is 1. The molecular weight excluding hydrogens is 210 g/mol. The van der Waals surface area contributed by atoms with Crippen LogP contribution < -0.4 is 4.90 Å². The first-order valence-electron chi connectivity index (χ1n) is 5.74. The smallest absolute Gasteiger partial charge is 0.228 e. The zero-order valence-corrected chi connectivity index (χ0v) is 9.68. The fourth-order valence-electron chi connectivity index (χ4n) is 2.43. The molecule has 1 heterocycles. The van der Waals surface area contributed by atoms with Gasteiger partial charge >= 0.3 is 0 Å². The Morgan fingerprint density at radius 1 is 0.941 bits per heavy atom. The highest BCUT2D eigenvalue weighted by Gasteiger charge is 2.24. The summed E-state index contributed by atoms with van der Waals surface area (Å²) >= 11 is 0. The lowest BCUT2D eigenvalue weighted by molar-refractivity contribution is -0.115. The minimum atomic E-state index is 0.0598. The summed E-state index contributed by atoms with van der Waals surface area (Å²) < 4.78 is 0. The van der Waals surface area contributed by atoms with E-state index < -0.39 is 0 Å². The third-order valence-corrected chi connectivity index (χ3v) is 3.16. The van der Waals surface area contributed by atoms with E-state index in [2.05, 4.69) is 12.1 Å². The van der Waals surface area contributed by atoms with Gasteiger partial charge in [-0.25, -0.2) is 0 Å². The maximum atomic E-state index is 11.9. The normalized spacial score (nSPS) is 12.9. The molecule has 0 saturated heterocycles. The molecule has 0 aliphatic carbocycles. The van der Waals surface area contributed by atoms with Crippen molar-refractivity contribution in [2.45, 2.75) is 13.3 Å². The molecule has 2 nitrogen and oxygen atoms in total. The molecule has 0 bridgehead atoms. The van der Waals surface area contributed by atoms with Gasteiger partial charge in [0.2, 0.25) is 5.91 Å². The Morgan fingerprint density at radius 3 is 1.88 bits per heavy atom. The first-order chi connectivity index (χ1) is 8.27. The number of hydrogen-bond acceptors (Lipinski definition) is 1. The number of rotatable bonds is 0. The van der Waals surface area contributed by atoms with Gasteiger partial charge in [-0.2, -0.15) is 0 Å². The molecule has 1 amide bonds. The van der Waals surface area contributed by atoms with Crippen LogP contribution in [0.15, 0.2) is 48.5 Å². The summed E-state index contributed by atoms with van der Waals surface area (Å²) in [5, 5.41) is 0. The largest absolute Gasteiger partial charge is 0.281 e. The summed E-state index contributed by atoms with van der Waals surface area (Å²) in [7, 11) is 0. The topological polar surface area (TPSA) is 20.3 Å². The van der Waals surface area contributed by atoms with Crippen LogP contribution in [0.1, 0.15) is 18.1 Å². The van der Waals surface area contributed by atoms with Gasteiger partial charge in [-0.15, -0.1) is 0 Å². The minimum absolute atomic E-state index is 0.0598. The van der Waals surface area contributed by atoms with Gasteiger partial charge in [-0.3, -0.25) is 9.69 Å². The fraction of sp³-hybridized carbons (Fsp3) is 0.133. The van der Waals surface area contributed by atoms with Crippen LogP contribution in [0.5, 0.6) is 0 Å². The lowest BCUT2D eigenvalue weighted by Crippen LogP contribution is -2.27. The van der Waals surface area contributed by atoms with Gasteiger partial charge in [0.1, 0.15) is 0 Å². The summed E-state index contributed by atoms with van der Waals surface area (Å²) in [6, 6.07) is 16.2. The molecule has 0 aromatic heterocycles. The van der Waals surface area contributed by atoms with Gasteiger partial charge in [0.05, 0.1) is 11.4 Å². The second-order valence-corrected chi connectivity index (χ2v) is 4.29. The van der Waals surface area contributed by atoms with Crippen LogP contribution in [-0.4, -0.2) is 5.91 Å². The lowest BCUT2D eigenvalue weighted by atomic mass is 9.95. The second-order valence-electron chi connectivity index (χ2n) is 4.29. The number of nitrogens with zero attached hydrogens (tertiary/aromatic N) is 1. The van der Waals surface area contributed by atoms with Gasteiger partial charge in [0, 0.05) is 13.3 Å². The Hall–Kier alpha value is -2.09. The zero-order chi connectivity index (χ0) is 11.8. The molecule has 1 aliphatic rings. The van der Waals surface area contributed by atoms with Crippen molar-refractivity contribution in [2.24, 2.45) is 0 Å².